The van der Waals surface area contributed by atoms with Gasteiger partial charge in [0.15, 0.2) is 0 Å². The molecule has 2 aromatic rings. The fraction of sp³-hybridized carbons (Fsp3) is 0.263. The highest BCUT2D eigenvalue weighted by Crippen LogP contribution is 2.32. The summed E-state index contributed by atoms with van der Waals surface area (Å²) in [6.07, 6.45) is 2.89. The zero-order valence-corrected chi connectivity index (χ0v) is 14.1. The zero-order valence-electron chi connectivity index (χ0n) is 14.1. The molecule has 0 fully saturated rings. The Kier molecular flexibility index (Phi) is 5.25. The molecule has 0 spiro atoms. The Balaban J connectivity index is 1.61. The van der Waals surface area contributed by atoms with Gasteiger partial charge >= 0.3 is 6.18 Å². The van der Waals surface area contributed by atoms with Crippen molar-refractivity contribution in [3.63, 3.8) is 0 Å². The maximum absolute atomic E-state index is 12.6. The van der Waals surface area contributed by atoms with Crippen LogP contribution in [-0.4, -0.2) is 28.5 Å². The van der Waals surface area contributed by atoms with Gasteiger partial charge in [-0.15, -0.1) is 0 Å². The van der Waals surface area contributed by atoms with Gasteiger partial charge in [0.1, 0.15) is 5.84 Å². The first-order chi connectivity index (χ1) is 12.4. The molecule has 0 bridgehead atoms. The van der Waals surface area contributed by atoms with E-state index in [4.69, 9.17) is 5.73 Å². The Hall–Kier alpha value is -2.83. The van der Waals surface area contributed by atoms with Gasteiger partial charge in [-0.1, -0.05) is 36.4 Å². The molecule has 1 aromatic carbocycles. The third-order valence-corrected chi connectivity index (χ3v) is 4.25. The topological polar surface area (TPSA) is 67.1 Å². The first kappa shape index (κ1) is 18.0. The Bertz CT molecular complexity index is 829. The molecule has 3 rings (SSSR count). The quantitative estimate of drug-likeness (QED) is 0.627. The van der Waals surface area contributed by atoms with E-state index in [0.717, 1.165) is 34.9 Å². The summed E-state index contributed by atoms with van der Waals surface area (Å²) < 4.78 is 37.8. The van der Waals surface area contributed by atoms with E-state index in [1.807, 2.05) is 24.3 Å². The third kappa shape index (κ3) is 4.62. The standard InChI is InChI=1S/C19H19F3N4/c20-19(21,22)16-7-3-14(4-8-16)10-25-18(23)15-5-1-13(2-6-15)9-17-11-24-12-26-17/h1-3,5-7,11-12H,4,8-10H2,(H2,23,25)(H,24,26). The molecule has 0 amide bonds. The lowest BCUT2D eigenvalue weighted by Crippen LogP contribution is -2.16. The number of hydrogen-bond donors (Lipinski definition) is 2. The van der Waals surface area contributed by atoms with Crippen LogP contribution in [0.15, 0.2) is 65.1 Å². The lowest BCUT2D eigenvalue weighted by Gasteiger charge is -2.16. The molecule has 0 unspecified atom stereocenters. The third-order valence-electron chi connectivity index (χ3n) is 4.25. The van der Waals surface area contributed by atoms with Crippen molar-refractivity contribution in [3.05, 3.63) is 76.9 Å². The van der Waals surface area contributed by atoms with Crippen molar-refractivity contribution >= 4 is 5.84 Å². The van der Waals surface area contributed by atoms with Gasteiger partial charge in [-0.2, -0.15) is 13.2 Å². The number of hydrogen-bond acceptors (Lipinski definition) is 2. The van der Waals surface area contributed by atoms with Crippen LogP contribution >= 0.6 is 0 Å². The summed E-state index contributed by atoms with van der Waals surface area (Å²) in [6.45, 7) is 0.309. The molecular formula is C19H19F3N4. The Morgan fingerprint density at radius 3 is 2.50 bits per heavy atom. The summed E-state index contributed by atoms with van der Waals surface area (Å²) in [7, 11) is 0. The average molecular weight is 360 g/mol. The van der Waals surface area contributed by atoms with Crippen LogP contribution in [0.1, 0.15) is 29.7 Å². The van der Waals surface area contributed by atoms with Crippen molar-refractivity contribution < 1.29 is 13.2 Å². The fourth-order valence-electron chi connectivity index (χ4n) is 2.72. The second-order valence-corrected chi connectivity index (χ2v) is 6.17. The predicted molar refractivity (Wildman–Crippen MR) is 94.9 cm³/mol. The van der Waals surface area contributed by atoms with E-state index in [1.54, 1.807) is 12.5 Å². The lowest BCUT2D eigenvalue weighted by atomic mass is 9.98. The molecule has 136 valence electrons. The number of nitrogens with one attached hydrogen (secondary N) is 1. The molecule has 7 heteroatoms. The number of H-pyrrole nitrogens is 1. The highest BCUT2D eigenvalue weighted by molar-refractivity contribution is 5.97. The fourth-order valence-corrected chi connectivity index (χ4v) is 2.72. The van der Waals surface area contributed by atoms with E-state index in [9.17, 15) is 13.2 Å². The number of nitrogens with zero attached hydrogens (tertiary/aromatic N) is 2. The maximum atomic E-state index is 12.6. The number of benzene rings is 1. The van der Waals surface area contributed by atoms with Crippen molar-refractivity contribution in [2.75, 3.05) is 6.54 Å². The maximum Gasteiger partial charge on any atom is 0.412 e. The van der Waals surface area contributed by atoms with E-state index in [2.05, 4.69) is 15.0 Å². The molecule has 0 atom stereocenters. The SMILES string of the molecule is NC(=NCC1=CC=C(C(F)(F)F)CC1)c1ccc(Cc2cnc[nH]2)cc1. The Morgan fingerprint density at radius 2 is 1.92 bits per heavy atom. The Labute approximate surface area is 149 Å². The largest absolute Gasteiger partial charge is 0.412 e. The van der Waals surface area contributed by atoms with Crippen LogP contribution in [0.25, 0.3) is 0 Å². The van der Waals surface area contributed by atoms with Crippen molar-refractivity contribution in [1.29, 1.82) is 0 Å². The molecule has 0 radical (unpaired) electrons. The van der Waals surface area contributed by atoms with Crippen molar-refractivity contribution in [2.45, 2.75) is 25.4 Å². The molecule has 0 saturated carbocycles. The first-order valence-electron chi connectivity index (χ1n) is 8.24. The van der Waals surface area contributed by atoms with Crippen LogP contribution in [0, 0.1) is 0 Å². The van der Waals surface area contributed by atoms with E-state index in [1.165, 1.54) is 6.08 Å². The highest BCUT2D eigenvalue weighted by atomic mass is 19.4. The number of rotatable bonds is 5. The van der Waals surface area contributed by atoms with Gasteiger partial charge in [-0.05, 0) is 24.0 Å². The number of imidazole rings is 1. The van der Waals surface area contributed by atoms with Crippen LogP contribution < -0.4 is 5.73 Å². The van der Waals surface area contributed by atoms with Gasteiger partial charge in [0.25, 0.3) is 0 Å². The number of allylic oxidation sites excluding steroid dienone is 3. The van der Waals surface area contributed by atoms with E-state index in [-0.39, 0.29) is 6.42 Å². The molecule has 4 nitrogen and oxygen atoms in total. The molecule has 3 N–H and O–H groups in total. The van der Waals surface area contributed by atoms with Gasteiger partial charge < -0.3 is 10.7 Å². The van der Waals surface area contributed by atoms with Gasteiger partial charge in [-0.25, -0.2) is 4.98 Å². The predicted octanol–water partition coefficient (Wildman–Crippen LogP) is 3.91. The molecule has 1 aliphatic rings. The van der Waals surface area contributed by atoms with E-state index in [0.29, 0.717) is 18.8 Å². The first-order valence-corrected chi connectivity index (χ1v) is 8.24. The summed E-state index contributed by atoms with van der Waals surface area (Å²) in [5, 5.41) is 0. The summed E-state index contributed by atoms with van der Waals surface area (Å²) >= 11 is 0. The van der Waals surface area contributed by atoms with Gasteiger partial charge in [-0.3, -0.25) is 4.99 Å². The number of aromatic amines is 1. The average Bonchev–Trinajstić information content (AvgIpc) is 3.13. The number of aliphatic imine (C=N–C) groups is 1. The van der Waals surface area contributed by atoms with E-state index >= 15 is 0 Å². The second-order valence-electron chi connectivity index (χ2n) is 6.17. The number of nitrogens with two attached hydrogens (primary N) is 1. The Morgan fingerprint density at radius 1 is 1.15 bits per heavy atom. The smallest absolute Gasteiger partial charge is 0.383 e. The van der Waals surface area contributed by atoms with Crippen LogP contribution in [0.4, 0.5) is 13.2 Å². The molecular weight excluding hydrogens is 341 g/mol. The van der Waals surface area contributed by atoms with Crippen LogP contribution in [0.5, 0.6) is 0 Å². The molecule has 1 aliphatic carbocycles. The molecule has 26 heavy (non-hydrogen) atoms. The second kappa shape index (κ2) is 7.59. The number of amidine groups is 1. The summed E-state index contributed by atoms with van der Waals surface area (Å²) in [5.41, 5.74) is 9.29. The van der Waals surface area contributed by atoms with E-state index < -0.39 is 11.7 Å². The number of halogens is 3. The summed E-state index contributed by atoms with van der Waals surface area (Å²) in [5.74, 6) is 0.379. The van der Waals surface area contributed by atoms with Crippen LogP contribution in [-0.2, 0) is 6.42 Å². The minimum Gasteiger partial charge on any atom is -0.383 e. The summed E-state index contributed by atoms with van der Waals surface area (Å²) in [4.78, 5) is 11.3. The lowest BCUT2D eigenvalue weighted by molar-refractivity contribution is -0.0941. The van der Waals surface area contributed by atoms with Gasteiger partial charge in [0.2, 0.25) is 0 Å². The number of alkyl halides is 3. The monoisotopic (exact) mass is 360 g/mol. The normalized spacial score (nSPS) is 15.6. The minimum atomic E-state index is -4.25. The van der Waals surface area contributed by atoms with Crippen molar-refractivity contribution in [2.24, 2.45) is 10.7 Å². The van der Waals surface area contributed by atoms with Crippen LogP contribution in [0.2, 0.25) is 0 Å². The highest BCUT2D eigenvalue weighted by Gasteiger charge is 2.33. The summed E-state index contributed by atoms with van der Waals surface area (Å²) in [6, 6.07) is 7.72. The minimum absolute atomic E-state index is 0.00689. The molecule has 0 aliphatic heterocycles. The zero-order chi connectivity index (χ0) is 18.6. The van der Waals surface area contributed by atoms with Gasteiger partial charge in [0.05, 0.1) is 12.9 Å². The van der Waals surface area contributed by atoms with Gasteiger partial charge in [0, 0.05) is 29.4 Å². The van der Waals surface area contributed by atoms with Crippen molar-refractivity contribution in [3.8, 4) is 0 Å². The molecule has 1 aromatic heterocycles. The molecule has 1 heterocycles. The number of aromatic nitrogens is 2. The van der Waals surface area contributed by atoms with Crippen LogP contribution in [0.3, 0.4) is 0 Å². The van der Waals surface area contributed by atoms with Crippen molar-refractivity contribution in [1.82, 2.24) is 9.97 Å². The molecule has 0 saturated heterocycles.